The predicted octanol–water partition coefficient (Wildman–Crippen LogP) is 2.38. The summed E-state index contributed by atoms with van der Waals surface area (Å²) in [4.78, 5) is 8.92. The largest absolute Gasteiger partial charge is 0.384 e. The van der Waals surface area contributed by atoms with E-state index in [4.69, 9.17) is 4.74 Å². The van der Waals surface area contributed by atoms with Gasteiger partial charge < -0.3 is 10.1 Å². The number of hydrogen-bond acceptors (Lipinski definition) is 5. The van der Waals surface area contributed by atoms with Gasteiger partial charge in [0.2, 0.25) is 0 Å². The molecular weight excluding hydrogens is 222 g/mol. The van der Waals surface area contributed by atoms with Gasteiger partial charge in [-0.15, -0.1) is 11.8 Å². The lowest BCUT2D eigenvalue weighted by Crippen LogP contribution is -2.03. The standard InChI is InChI=1S/C11H19N3OS/c1-8(2)11-13-9(12-3)7-10(14-11)16-6-5-15-4/h7-8H,5-6H2,1-4H3,(H,12,13,14). The van der Waals surface area contributed by atoms with Gasteiger partial charge in [0.25, 0.3) is 0 Å². The quantitative estimate of drug-likeness (QED) is 0.471. The van der Waals surface area contributed by atoms with Crippen molar-refractivity contribution in [3.8, 4) is 0 Å². The fourth-order valence-electron chi connectivity index (χ4n) is 1.13. The van der Waals surface area contributed by atoms with Crippen LogP contribution in [0.15, 0.2) is 11.1 Å². The van der Waals surface area contributed by atoms with E-state index in [1.54, 1.807) is 18.9 Å². The Morgan fingerprint density at radius 1 is 1.44 bits per heavy atom. The van der Waals surface area contributed by atoms with Gasteiger partial charge in [0.15, 0.2) is 0 Å². The first-order valence-electron chi connectivity index (χ1n) is 5.35. The molecule has 1 heterocycles. The fourth-order valence-corrected chi connectivity index (χ4v) is 1.94. The van der Waals surface area contributed by atoms with Gasteiger partial charge in [-0.1, -0.05) is 13.8 Å². The average Bonchev–Trinajstić information content (AvgIpc) is 2.29. The lowest BCUT2D eigenvalue weighted by Gasteiger charge is -2.09. The van der Waals surface area contributed by atoms with Crippen LogP contribution in [-0.4, -0.2) is 36.5 Å². The van der Waals surface area contributed by atoms with Gasteiger partial charge in [0.1, 0.15) is 16.7 Å². The molecule has 1 N–H and O–H groups in total. The minimum absolute atomic E-state index is 0.343. The van der Waals surface area contributed by atoms with Crippen LogP contribution in [0.25, 0.3) is 0 Å². The first-order chi connectivity index (χ1) is 7.67. The Bertz CT molecular complexity index is 331. The number of nitrogens with one attached hydrogen (secondary N) is 1. The zero-order valence-electron chi connectivity index (χ0n) is 10.3. The molecule has 1 aromatic heterocycles. The Morgan fingerprint density at radius 3 is 2.75 bits per heavy atom. The first-order valence-corrected chi connectivity index (χ1v) is 6.34. The van der Waals surface area contributed by atoms with Gasteiger partial charge in [-0.05, 0) is 0 Å². The van der Waals surface area contributed by atoms with Crippen LogP contribution in [0.5, 0.6) is 0 Å². The number of anilines is 1. The third-order valence-corrected chi connectivity index (χ3v) is 2.91. The van der Waals surface area contributed by atoms with Crippen LogP contribution in [0.1, 0.15) is 25.6 Å². The Balaban J connectivity index is 2.78. The molecule has 0 aliphatic heterocycles. The summed E-state index contributed by atoms with van der Waals surface area (Å²) in [6.45, 7) is 4.93. The van der Waals surface area contributed by atoms with E-state index in [0.717, 1.165) is 29.0 Å². The summed E-state index contributed by atoms with van der Waals surface area (Å²) in [6.07, 6.45) is 0. The molecule has 0 aliphatic rings. The molecule has 16 heavy (non-hydrogen) atoms. The third-order valence-electron chi connectivity index (χ3n) is 2.03. The highest BCUT2D eigenvalue weighted by Gasteiger charge is 2.07. The number of methoxy groups -OCH3 is 1. The number of thioether (sulfide) groups is 1. The van der Waals surface area contributed by atoms with Crippen molar-refractivity contribution in [3.05, 3.63) is 11.9 Å². The topological polar surface area (TPSA) is 47.0 Å². The fraction of sp³-hybridized carbons (Fsp3) is 0.636. The Morgan fingerprint density at radius 2 is 2.19 bits per heavy atom. The predicted molar refractivity (Wildman–Crippen MR) is 68.3 cm³/mol. The summed E-state index contributed by atoms with van der Waals surface area (Å²) in [5.41, 5.74) is 0. The monoisotopic (exact) mass is 241 g/mol. The summed E-state index contributed by atoms with van der Waals surface area (Å²) >= 11 is 1.69. The lowest BCUT2D eigenvalue weighted by molar-refractivity contribution is 0.218. The number of rotatable bonds is 6. The normalized spacial score (nSPS) is 10.8. The van der Waals surface area contributed by atoms with Crippen LogP contribution >= 0.6 is 11.8 Å². The molecule has 0 unspecified atom stereocenters. The van der Waals surface area contributed by atoms with E-state index in [0.29, 0.717) is 5.92 Å². The number of ether oxygens (including phenoxy) is 1. The molecule has 5 heteroatoms. The van der Waals surface area contributed by atoms with Crippen LogP contribution in [0.4, 0.5) is 5.82 Å². The van der Waals surface area contributed by atoms with Gasteiger partial charge in [-0.3, -0.25) is 0 Å². The number of nitrogens with zero attached hydrogens (tertiary/aromatic N) is 2. The summed E-state index contributed by atoms with van der Waals surface area (Å²) in [5, 5.41) is 4.06. The van der Waals surface area contributed by atoms with Crippen molar-refractivity contribution in [2.75, 3.05) is 31.8 Å². The van der Waals surface area contributed by atoms with Crippen molar-refractivity contribution >= 4 is 17.6 Å². The lowest BCUT2D eigenvalue weighted by atomic mass is 10.2. The molecular formula is C11H19N3OS. The molecule has 0 saturated heterocycles. The zero-order valence-corrected chi connectivity index (χ0v) is 11.1. The molecule has 0 spiro atoms. The smallest absolute Gasteiger partial charge is 0.134 e. The first kappa shape index (κ1) is 13.3. The van der Waals surface area contributed by atoms with Crippen LogP contribution in [0.3, 0.4) is 0 Å². The Kier molecular flexibility index (Phi) is 5.55. The van der Waals surface area contributed by atoms with E-state index in [9.17, 15) is 0 Å². The minimum Gasteiger partial charge on any atom is -0.384 e. The second-order valence-electron chi connectivity index (χ2n) is 3.70. The average molecular weight is 241 g/mol. The molecule has 0 fully saturated rings. The number of hydrogen-bond donors (Lipinski definition) is 1. The maximum Gasteiger partial charge on any atom is 0.134 e. The summed E-state index contributed by atoms with van der Waals surface area (Å²) in [5.74, 6) is 3.01. The maximum atomic E-state index is 5.02. The SMILES string of the molecule is CNc1cc(SCCOC)nc(C(C)C)n1. The van der Waals surface area contributed by atoms with Gasteiger partial charge >= 0.3 is 0 Å². The van der Waals surface area contributed by atoms with Gasteiger partial charge in [0.05, 0.1) is 6.61 Å². The maximum absolute atomic E-state index is 5.02. The zero-order chi connectivity index (χ0) is 12.0. The molecule has 90 valence electrons. The second-order valence-corrected chi connectivity index (χ2v) is 4.81. The molecule has 1 rings (SSSR count). The molecule has 0 bridgehead atoms. The van der Waals surface area contributed by atoms with Crippen molar-refractivity contribution in [3.63, 3.8) is 0 Å². The summed E-state index contributed by atoms with van der Waals surface area (Å²) < 4.78 is 5.02. The van der Waals surface area contributed by atoms with E-state index in [1.165, 1.54) is 0 Å². The van der Waals surface area contributed by atoms with Gasteiger partial charge in [-0.2, -0.15) is 0 Å². The van der Waals surface area contributed by atoms with E-state index < -0.39 is 0 Å². The van der Waals surface area contributed by atoms with Crippen molar-refractivity contribution in [1.82, 2.24) is 9.97 Å². The van der Waals surface area contributed by atoms with Gasteiger partial charge in [-0.25, -0.2) is 9.97 Å². The molecule has 0 aromatic carbocycles. The Labute approximate surface area is 101 Å². The molecule has 0 saturated carbocycles. The highest BCUT2D eigenvalue weighted by molar-refractivity contribution is 7.99. The molecule has 1 aromatic rings. The molecule has 4 nitrogen and oxygen atoms in total. The van der Waals surface area contributed by atoms with E-state index in [1.807, 2.05) is 13.1 Å². The van der Waals surface area contributed by atoms with E-state index in [2.05, 4.69) is 29.1 Å². The molecule has 0 radical (unpaired) electrons. The number of aromatic nitrogens is 2. The molecule has 0 amide bonds. The Hall–Kier alpha value is -0.810. The third kappa shape index (κ3) is 3.98. The van der Waals surface area contributed by atoms with Crippen LogP contribution in [-0.2, 0) is 4.74 Å². The van der Waals surface area contributed by atoms with Crippen molar-refractivity contribution < 1.29 is 4.74 Å². The van der Waals surface area contributed by atoms with E-state index in [-0.39, 0.29) is 0 Å². The summed E-state index contributed by atoms with van der Waals surface area (Å²) in [7, 11) is 3.58. The van der Waals surface area contributed by atoms with Crippen LogP contribution in [0, 0.1) is 0 Å². The van der Waals surface area contributed by atoms with Crippen molar-refractivity contribution in [2.45, 2.75) is 24.8 Å². The van der Waals surface area contributed by atoms with Crippen LogP contribution < -0.4 is 5.32 Å². The second kappa shape index (κ2) is 6.70. The van der Waals surface area contributed by atoms with Crippen LogP contribution in [0.2, 0.25) is 0 Å². The highest BCUT2D eigenvalue weighted by Crippen LogP contribution is 2.21. The molecule has 0 aliphatic carbocycles. The summed E-state index contributed by atoms with van der Waals surface area (Å²) in [6, 6.07) is 1.96. The van der Waals surface area contributed by atoms with Gasteiger partial charge in [0, 0.05) is 31.9 Å². The molecule has 0 atom stereocenters. The van der Waals surface area contributed by atoms with Crippen molar-refractivity contribution in [2.24, 2.45) is 0 Å². The highest BCUT2D eigenvalue weighted by atomic mass is 32.2. The van der Waals surface area contributed by atoms with E-state index >= 15 is 0 Å². The van der Waals surface area contributed by atoms with Crippen molar-refractivity contribution in [1.29, 1.82) is 0 Å². The minimum atomic E-state index is 0.343.